The van der Waals surface area contributed by atoms with E-state index in [1.54, 1.807) is 21.3 Å². The molecular formula is C18H24N2O4S. The summed E-state index contributed by atoms with van der Waals surface area (Å²) < 4.78 is 27.2. The third-order valence-corrected chi connectivity index (χ3v) is 7.09. The monoisotopic (exact) mass is 364 g/mol. The van der Waals surface area contributed by atoms with Gasteiger partial charge in [0.1, 0.15) is 5.78 Å². The van der Waals surface area contributed by atoms with Gasteiger partial charge in [-0.05, 0) is 44.0 Å². The van der Waals surface area contributed by atoms with Crippen LogP contribution in [0.1, 0.15) is 49.4 Å². The quantitative estimate of drug-likeness (QED) is 0.823. The Bertz CT molecular complexity index is 748. The van der Waals surface area contributed by atoms with Crippen molar-refractivity contribution >= 4 is 21.7 Å². The number of nitrogens with zero attached hydrogens (tertiary/aromatic N) is 2. The molecule has 2 fully saturated rings. The van der Waals surface area contributed by atoms with E-state index >= 15 is 0 Å². The third-order valence-electron chi connectivity index (χ3n) is 5.06. The van der Waals surface area contributed by atoms with Gasteiger partial charge in [-0.2, -0.15) is 4.31 Å². The van der Waals surface area contributed by atoms with E-state index in [4.69, 9.17) is 0 Å². The number of ketones is 1. The predicted octanol–water partition coefficient (Wildman–Crippen LogP) is 2.05. The smallest absolute Gasteiger partial charge is 0.253 e. The fourth-order valence-electron chi connectivity index (χ4n) is 3.48. The first kappa shape index (κ1) is 18.1. The standard InChI is InChI=1S/C18H24N2O4S/c1-14-4-2-3-11-20(14)25(23,24)17-7-5-15(6-8-17)18(22)19-12-9-16(21)10-13-19/h5-8,14H,2-4,9-13H2,1H3/t14-/m0/s1. The summed E-state index contributed by atoms with van der Waals surface area (Å²) in [6.07, 6.45) is 3.60. The second kappa shape index (κ2) is 7.25. The van der Waals surface area contributed by atoms with Crippen molar-refractivity contribution < 1.29 is 18.0 Å². The van der Waals surface area contributed by atoms with Crippen molar-refractivity contribution in [2.45, 2.75) is 50.0 Å². The molecule has 2 aliphatic rings. The molecule has 0 spiro atoms. The van der Waals surface area contributed by atoms with Crippen molar-refractivity contribution in [3.05, 3.63) is 29.8 Å². The molecule has 1 atom stereocenters. The average molecular weight is 364 g/mol. The fraction of sp³-hybridized carbons (Fsp3) is 0.556. The number of piperidine rings is 2. The van der Waals surface area contributed by atoms with Gasteiger partial charge in [0, 0.05) is 44.1 Å². The summed E-state index contributed by atoms with van der Waals surface area (Å²) in [5, 5.41) is 0. The Morgan fingerprint density at radius 2 is 1.68 bits per heavy atom. The lowest BCUT2D eigenvalue weighted by Gasteiger charge is -2.32. The molecule has 0 aromatic heterocycles. The molecule has 1 aromatic rings. The lowest BCUT2D eigenvalue weighted by atomic mass is 10.1. The number of Topliss-reactive ketones (excluding diaryl/α,β-unsaturated/α-hetero) is 1. The Hall–Kier alpha value is -1.73. The van der Waals surface area contributed by atoms with Gasteiger partial charge >= 0.3 is 0 Å². The summed E-state index contributed by atoms with van der Waals surface area (Å²) >= 11 is 0. The minimum absolute atomic E-state index is 0.00550. The van der Waals surface area contributed by atoms with Crippen LogP contribution in [0.4, 0.5) is 0 Å². The topological polar surface area (TPSA) is 74.8 Å². The minimum Gasteiger partial charge on any atom is -0.338 e. The molecule has 0 bridgehead atoms. The number of amides is 1. The van der Waals surface area contributed by atoms with Crippen molar-refractivity contribution in [2.75, 3.05) is 19.6 Å². The molecule has 0 aliphatic carbocycles. The van der Waals surface area contributed by atoms with Gasteiger partial charge in [0.2, 0.25) is 10.0 Å². The lowest BCUT2D eigenvalue weighted by Crippen LogP contribution is -2.42. The summed E-state index contributed by atoms with van der Waals surface area (Å²) in [7, 11) is -3.52. The van der Waals surface area contributed by atoms with Crippen LogP contribution in [0, 0.1) is 0 Å². The van der Waals surface area contributed by atoms with Gasteiger partial charge in [-0.15, -0.1) is 0 Å². The maximum Gasteiger partial charge on any atom is 0.253 e. The number of hydrogen-bond acceptors (Lipinski definition) is 4. The molecule has 2 heterocycles. The molecule has 0 saturated carbocycles. The van der Waals surface area contributed by atoms with E-state index in [2.05, 4.69) is 0 Å². The summed E-state index contributed by atoms with van der Waals surface area (Å²) in [4.78, 5) is 25.6. The van der Waals surface area contributed by atoms with Crippen molar-refractivity contribution in [3.63, 3.8) is 0 Å². The molecule has 1 amide bonds. The zero-order chi connectivity index (χ0) is 18.0. The Balaban J connectivity index is 1.75. The Kier molecular flexibility index (Phi) is 5.24. The molecular weight excluding hydrogens is 340 g/mol. The van der Waals surface area contributed by atoms with E-state index < -0.39 is 10.0 Å². The van der Waals surface area contributed by atoms with Crippen molar-refractivity contribution in [3.8, 4) is 0 Å². The van der Waals surface area contributed by atoms with Gasteiger partial charge in [-0.3, -0.25) is 9.59 Å². The molecule has 25 heavy (non-hydrogen) atoms. The molecule has 0 N–H and O–H groups in total. The highest BCUT2D eigenvalue weighted by Gasteiger charge is 2.31. The first-order valence-corrected chi connectivity index (χ1v) is 10.3. The van der Waals surface area contributed by atoms with E-state index in [1.807, 2.05) is 6.92 Å². The summed E-state index contributed by atoms with van der Waals surface area (Å²) in [5.41, 5.74) is 0.458. The normalized spacial score (nSPS) is 22.8. The van der Waals surface area contributed by atoms with Crippen molar-refractivity contribution in [1.82, 2.24) is 9.21 Å². The summed E-state index contributed by atoms with van der Waals surface area (Å²) in [6, 6.07) is 6.17. The first-order chi connectivity index (χ1) is 11.9. The zero-order valence-electron chi connectivity index (χ0n) is 14.5. The second-order valence-corrected chi connectivity index (χ2v) is 8.71. The Morgan fingerprint density at radius 1 is 1.04 bits per heavy atom. The molecule has 6 nitrogen and oxygen atoms in total. The van der Waals surface area contributed by atoms with Gasteiger partial charge in [0.15, 0.2) is 0 Å². The third kappa shape index (κ3) is 3.77. The van der Waals surface area contributed by atoms with Crippen LogP contribution < -0.4 is 0 Å². The number of carbonyl (C=O) groups excluding carboxylic acids is 2. The number of sulfonamides is 1. The number of carbonyl (C=O) groups is 2. The van der Waals surface area contributed by atoms with Crippen LogP contribution in [0.25, 0.3) is 0 Å². The SMILES string of the molecule is C[C@H]1CCCCN1S(=O)(=O)c1ccc(C(=O)N2CCC(=O)CC2)cc1. The maximum absolute atomic E-state index is 12.8. The molecule has 0 unspecified atom stereocenters. The highest BCUT2D eigenvalue weighted by molar-refractivity contribution is 7.89. The average Bonchev–Trinajstić information content (AvgIpc) is 2.62. The van der Waals surface area contributed by atoms with Crippen LogP contribution in [0.2, 0.25) is 0 Å². The van der Waals surface area contributed by atoms with Crippen LogP contribution in [0.3, 0.4) is 0 Å². The van der Waals surface area contributed by atoms with Crippen LogP contribution in [0.15, 0.2) is 29.2 Å². The van der Waals surface area contributed by atoms with Crippen LogP contribution in [-0.2, 0) is 14.8 Å². The lowest BCUT2D eigenvalue weighted by molar-refractivity contribution is -0.120. The molecule has 1 aromatic carbocycles. The highest BCUT2D eigenvalue weighted by atomic mass is 32.2. The van der Waals surface area contributed by atoms with E-state index in [0.29, 0.717) is 38.0 Å². The minimum atomic E-state index is -3.52. The number of hydrogen-bond donors (Lipinski definition) is 0. The van der Waals surface area contributed by atoms with Crippen LogP contribution in [0.5, 0.6) is 0 Å². The summed E-state index contributed by atoms with van der Waals surface area (Å²) in [6.45, 7) is 3.35. The number of rotatable bonds is 3. The van der Waals surface area contributed by atoms with Crippen LogP contribution in [-0.4, -0.2) is 55.0 Å². The van der Waals surface area contributed by atoms with E-state index in [1.165, 1.54) is 12.1 Å². The van der Waals surface area contributed by atoms with E-state index in [9.17, 15) is 18.0 Å². The van der Waals surface area contributed by atoms with Gasteiger partial charge < -0.3 is 4.90 Å². The Morgan fingerprint density at radius 3 is 2.28 bits per heavy atom. The predicted molar refractivity (Wildman–Crippen MR) is 93.8 cm³/mol. The molecule has 0 radical (unpaired) electrons. The maximum atomic E-state index is 12.8. The van der Waals surface area contributed by atoms with Gasteiger partial charge in [0.05, 0.1) is 4.90 Å². The molecule has 2 saturated heterocycles. The van der Waals surface area contributed by atoms with Crippen LogP contribution >= 0.6 is 0 Å². The fourth-order valence-corrected chi connectivity index (χ4v) is 5.17. The molecule has 7 heteroatoms. The van der Waals surface area contributed by atoms with Gasteiger partial charge in [0.25, 0.3) is 5.91 Å². The number of likely N-dealkylation sites (tertiary alicyclic amines) is 1. The zero-order valence-corrected chi connectivity index (χ0v) is 15.3. The van der Waals surface area contributed by atoms with E-state index in [0.717, 1.165) is 19.3 Å². The van der Waals surface area contributed by atoms with Gasteiger partial charge in [-0.1, -0.05) is 6.42 Å². The largest absolute Gasteiger partial charge is 0.338 e. The Labute approximate surface area is 148 Å². The summed E-state index contributed by atoms with van der Waals surface area (Å²) in [5.74, 6) is 0.0314. The highest BCUT2D eigenvalue weighted by Crippen LogP contribution is 2.25. The van der Waals surface area contributed by atoms with Crippen molar-refractivity contribution in [2.24, 2.45) is 0 Å². The molecule has 136 valence electrons. The van der Waals surface area contributed by atoms with Crippen molar-refractivity contribution in [1.29, 1.82) is 0 Å². The van der Waals surface area contributed by atoms with E-state index in [-0.39, 0.29) is 22.6 Å². The molecule has 3 rings (SSSR count). The first-order valence-electron chi connectivity index (χ1n) is 8.82. The number of benzene rings is 1. The molecule has 2 aliphatic heterocycles. The second-order valence-electron chi connectivity index (χ2n) is 6.82. The van der Waals surface area contributed by atoms with Gasteiger partial charge in [-0.25, -0.2) is 8.42 Å².